The molecule has 3 rings (SSSR count). The highest BCUT2D eigenvalue weighted by atomic mass is 15.3. The van der Waals surface area contributed by atoms with Crippen LogP contribution in [0.1, 0.15) is 38.3 Å². The summed E-state index contributed by atoms with van der Waals surface area (Å²) < 4.78 is 0. The molecule has 0 saturated carbocycles. The van der Waals surface area contributed by atoms with E-state index in [9.17, 15) is 0 Å². The van der Waals surface area contributed by atoms with Crippen LogP contribution in [0.3, 0.4) is 0 Å². The average Bonchev–Trinajstić information content (AvgIpc) is 2.95. The maximum atomic E-state index is 4.77. The molecule has 2 aliphatic rings. The molecule has 0 aromatic carbocycles. The van der Waals surface area contributed by atoms with Gasteiger partial charge in [-0.25, -0.2) is 4.98 Å². The third-order valence-electron chi connectivity index (χ3n) is 4.95. The molecule has 122 valence electrons. The molecule has 2 aliphatic heterocycles. The minimum Gasteiger partial charge on any atom is -0.354 e. The predicted octanol–water partition coefficient (Wildman–Crippen LogP) is 2.63. The number of hydrogen-bond donors (Lipinski definition) is 0. The number of hydrogen-bond acceptors (Lipinski definition) is 4. The maximum Gasteiger partial charge on any atom is 0.128 e. The Bertz CT molecular complexity index is 462. The maximum absolute atomic E-state index is 4.77. The number of likely N-dealkylation sites (tertiary alicyclic amines) is 1. The molecule has 1 atom stereocenters. The molecule has 0 bridgehead atoms. The highest BCUT2D eigenvalue weighted by molar-refractivity contribution is 5.40. The smallest absolute Gasteiger partial charge is 0.128 e. The molecule has 2 fully saturated rings. The first-order valence-electron chi connectivity index (χ1n) is 8.77. The van der Waals surface area contributed by atoms with Gasteiger partial charge in [0.05, 0.1) is 0 Å². The van der Waals surface area contributed by atoms with E-state index in [-0.39, 0.29) is 0 Å². The second-order valence-electron chi connectivity index (χ2n) is 7.29. The standard InChI is InChI=1S/C18H30N4/c1-15(2)14-22-8-4-5-17(22)16-6-7-18(19-13-16)21-11-9-20(3)10-12-21/h6-7,13,15,17H,4-5,8-12,14H2,1-3H3/t17-/m1/s1. The van der Waals surface area contributed by atoms with Gasteiger partial charge >= 0.3 is 0 Å². The van der Waals surface area contributed by atoms with Crippen molar-refractivity contribution in [3.05, 3.63) is 23.9 Å². The summed E-state index contributed by atoms with van der Waals surface area (Å²) in [6.45, 7) is 11.5. The average molecular weight is 302 g/mol. The number of nitrogens with zero attached hydrogens (tertiary/aromatic N) is 4. The van der Waals surface area contributed by atoms with E-state index >= 15 is 0 Å². The van der Waals surface area contributed by atoms with Crippen molar-refractivity contribution in [3.8, 4) is 0 Å². The van der Waals surface area contributed by atoms with Crippen molar-refractivity contribution in [1.82, 2.24) is 14.8 Å². The molecule has 4 heteroatoms. The fourth-order valence-electron chi connectivity index (χ4n) is 3.71. The third kappa shape index (κ3) is 3.61. The van der Waals surface area contributed by atoms with Crippen molar-refractivity contribution < 1.29 is 0 Å². The molecule has 0 spiro atoms. The van der Waals surface area contributed by atoms with Gasteiger partial charge in [-0.2, -0.15) is 0 Å². The fraction of sp³-hybridized carbons (Fsp3) is 0.722. The SMILES string of the molecule is CC(C)CN1CCC[C@@H]1c1ccc(N2CCN(C)CC2)nc1. The Hall–Kier alpha value is -1.13. The Balaban J connectivity index is 1.66. The number of pyridine rings is 1. The van der Waals surface area contributed by atoms with Gasteiger partial charge in [-0.05, 0) is 44.0 Å². The second kappa shape index (κ2) is 6.97. The van der Waals surface area contributed by atoms with Crippen molar-refractivity contribution in [2.75, 3.05) is 51.2 Å². The van der Waals surface area contributed by atoms with Crippen LogP contribution in [0.25, 0.3) is 0 Å². The summed E-state index contributed by atoms with van der Waals surface area (Å²) in [6.07, 6.45) is 4.72. The lowest BCUT2D eigenvalue weighted by Gasteiger charge is -2.33. The molecule has 0 unspecified atom stereocenters. The minimum atomic E-state index is 0.580. The molecule has 2 saturated heterocycles. The van der Waals surface area contributed by atoms with Gasteiger partial charge in [-0.15, -0.1) is 0 Å². The van der Waals surface area contributed by atoms with Crippen molar-refractivity contribution in [2.24, 2.45) is 5.92 Å². The third-order valence-corrected chi connectivity index (χ3v) is 4.95. The molecule has 3 heterocycles. The van der Waals surface area contributed by atoms with Gasteiger partial charge in [-0.1, -0.05) is 19.9 Å². The van der Waals surface area contributed by atoms with Gasteiger partial charge in [0, 0.05) is 45.0 Å². The first kappa shape index (κ1) is 15.8. The van der Waals surface area contributed by atoms with Gasteiger partial charge in [0.25, 0.3) is 0 Å². The van der Waals surface area contributed by atoms with Crippen molar-refractivity contribution in [1.29, 1.82) is 0 Å². The van der Waals surface area contributed by atoms with Crippen LogP contribution >= 0.6 is 0 Å². The van der Waals surface area contributed by atoms with Crippen LogP contribution in [0.5, 0.6) is 0 Å². The van der Waals surface area contributed by atoms with Gasteiger partial charge < -0.3 is 9.80 Å². The zero-order valence-electron chi connectivity index (χ0n) is 14.3. The van der Waals surface area contributed by atoms with Gasteiger partial charge in [0.1, 0.15) is 5.82 Å². The summed E-state index contributed by atoms with van der Waals surface area (Å²) in [7, 11) is 2.19. The van der Waals surface area contributed by atoms with E-state index in [4.69, 9.17) is 4.98 Å². The van der Waals surface area contributed by atoms with Crippen LogP contribution in [0.15, 0.2) is 18.3 Å². The molecule has 0 N–H and O–H groups in total. The number of anilines is 1. The summed E-state index contributed by atoms with van der Waals surface area (Å²) in [4.78, 5) is 12.2. The molecule has 22 heavy (non-hydrogen) atoms. The van der Waals surface area contributed by atoms with Crippen molar-refractivity contribution in [2.45, 2.75) is 32.7 Å². The molecular weight excluding hydrogens is 272 g/mol. The first-order valence-corrected chi connectivity index (χ1v) is 8.77. The summed E-state index contributed by atoms with van der Waals surface area (Å²) in [5.41, 5.74) is 1.40. The zero-order valence-corrected chi connectivity index (χ0v) is 14.3. The summed E-state index contributed by atoms with van der Waals surface area (Å²) in [5, 5.41) is 0. The Morgan fingerprint density at radius 1 is 1.14 bits per heavy atom. The molecule has 0 amide bonds. The number of aromatic nitrogens is 1. The monoisotopic (exact) mass is 302 g/mol. The second-order valence-corrected chi connectivity index (χ2v) is 7.29. The van der Waals surface area contributed by atoms with Crippen LogP contribution in [0.2, 0.25) is 0 Å². The van der Waals surface area contributed by atoms with E-state index in [1.165, 1.54) is 31.5 Å². The van der Waals surface area contributed by atoms with E-state index < -0.39 is 0 Å². The first-order chi connectivity index (χ1) is 10.6. The van der Waals surface area contributed by atoms with Crippen molar-refractivity contribution >= 4 is 5.82 Å². The Morgan fingerprint density at radius 3 is 2.55 bits per heavy atom. The van der Waals surface area contributed by atoms with Crippen LogP contribution in [-0.4, -0.2) is 61.1 Å². The fourth-order valence-corrected chi connectivity index (χ4v) is 3.71. The Morgan fingerprint density at radius 2 is 1.91 bits per heavy atom. The van der Waals surface area contributed by atoms with Crippen LogP contribution < -0.4 is 4.90 Å². The Labute approximate surface area is 135 Å². The summed E-state index contributed by atoms with van der Waals surface area (Å²) in [6, 6.07) is 5.12. The highest BCUT2D eigenvalue weighted by Crippen LogP contribution is 2.32. The summed E-state index contributed by atoms with van der Waals surface area (Å²) in [5.74, 6) is 1.88. The lowest BCUT2D eigenvalue weighted by Crippen LogP contribution is -2.44. The molecule has 1 aromatic heterocycles. The minimum absolute atomic E-state index is 0.580. The van der Waals surface area contributed by atoms with E-state index in [1.54, 1.807) is 0 Å². The number of likely N-dealkylation sites (N-methyl/N-ethyl adjacent to an activating group) is 1. The normalized spacial score (nSPS) is 24.4. The van der Waals surface area contributed by atoms with Crippen LogP contribution in [0.4, 0.5) is 5.82 Å². The molecule has 1 aromatic rings. The molecular formula is C18H30N4. The topological polar surface area (TPSA) is 22.6 Å². The van der Waals surface area contributed by atoms with E-state index in [2.05, 4.69) is 53.9 Å². The van der Waals surface area contributed by atoms with Gasteiger partial charge in [0.15, 0.2) is 0 Å². The molecule has 0 radical (unpaired) electrons. The summed E-state index contributed by atoms with van der Waals surface area (Å²) >= 11 is 0. The van der Waals surface area contributed by atoms with Gasteiger partial charge in [-0.3, -0.25) is 4.90 Å². The van der Waals surface area contributed by atoms with Crippen LogP contribution in [0, 0.1) is 5.92 Å². The highest BCUT2D eigenvalue weighted by Gasteiger charge is 2.26. The van der Waals surface area contributed by atoms with Crippen molar-refractivity contribution in [3.63, 3.8) is 0 Å². The largest absolute Gasteiger partial charge is 0.354 e. The lowest BCUT2D eigenvalue weighted by molar-refractivity contribution is 0.228. The Kier molecular flexibility index (Phi) is 4.99. The van der Waals surface area contributed by atoms with E-state index in [0.29, 0.717) is 6.04 Å². The van der Waals surface area contributed by atoms with E-state index in [1.807, 2.05) is 0 Å². The quantitative estimate of drug-likeness (QED) is 0.853. The molecule has 0 aliphatic carbocycles. The van der Waals surface area contributed by atoms with E-state index in [0.717, 1.165) is 37.9 Å². The lowest BCUT2D eigenvalue weighted by atomic mass is 10.1. The van der Waals surface area contributed by atoms with Crippen LogP contribution in [-0.2, 0) is 0 Å². The number of piperazine rings is 1. The zero-order chi connectivity index (χ0) is 15.5. The van der Waals surface area contributed by atoms with Gasteiger partial charge in [0.2, 0.25) is 0 Å². The molecule has 4 nitrogen and oxygen atoms in total. The predicted molar refractivity (Wildman–Crippen MR) is 92.3 cm³/mol. The number of rotatable bonds is 4.